The summed E-state index contributed by atoms with van der Waals surface area (Å²) in [6, 6.07) is 41.4. The highest BCUT2D eigenvalue weighted by molar-refractivity contribution is 8.13. The molecule has 0 fully saturated rings. The van der Waals surface area contributed by atoms with Crippen molar-refractivity contribution in [1.29, 1.82) is 0 Å². The van der Waals surface area contributed by atoms with Gasteiger partial charge in [-0.3, -0.25) is 9.80 Å². The lowest BCUT2D eigenvalue weighted by Gasteiger charge is -2.33. The first-order valence-corrected chi connectivity index (χ1v) is 45.0. The van der Waals surface area contributed by atoms with Gasteiger partial charge in [0.15, 0.2) is 0 Å². The molecule has 8 aromatic carbocycles. The Hall–Kier alpha value is -4.31. The first kappa shape index (κ1) is 87.1. The Balaban J connectivity index is 0.000000314. The van der Waals surface area contributed by atoms with Crippen molar-refractivity contribution >= 4 is 143 Å². The largest absolute Gasteiger partial charge is 0.329 e. The number of sulfonamides is 3. The van der Waals surface area contributed by atoms with Crippen molar-refractivity contribution in [2.24, 2.45) is 17.2 Å². The molecule has 0 aromatic heterocycles. The second kappa shape index (κ2) is 38.4. The third kappa shape index (κ3) is 22.6. The number of rotatable bonds is 26. The van der Waals surface area contributed by atoms with E-state index in [0.29, 0.717) is 99.1 Å². The Morgan fingerprint density at radius 3 is 0.862 bits per heavy atom. The summed E-state index contributed by atoms with van der Waals surface area (Å²) in [5, 5.41) is 4.55. The molecule has 0 saturated carbocycles. The number of benzene rings is 8. The summed E-state index contributed by atoms with van der Waals surface area (Å²) in [6.45, 7) is 10.5. The highest BCUT2D eigenvalue weighted by atomic mass is 35.7. The van der Waals surface area contributed by atoms with E-state index in [1.165, 1.54) is 6.07 Å². The van der Waals surface area contributed by atoms with Gasteiger partial charge in [-0.05, 0) is 192 Å². The van der Waals surface area contributed by atoms with Crippen LogP contribution in [0.2, 0.25) is 40.2 Å². The highest BCUT2D eigenvalue weighted by Crippen LogP contribution is 2.44. The van der Waals surface area contributed by atoms with Crippen LogP contribution in [0.15, 0.2) is 165 Å². The molecule has 20 nitrogen and oxygen atoms in total. The van der Waals surface area contributed by atoms with Gasteiger partial charge < -0.3 is 36.8 Å². The van der Waals surface area contributed by atoms with Gasteiger partial charge in [0.1, 0.15) is 0 Å². The van der Waals surface area contributed by atoms with Crippen molar-refractivity contribution in [3.05, 3.63) is 253 Å². The van der Waals surface area contributed by atoms with Gasteiger partial charge in [-0.25, -0.2) is 47.8 Å². The molecule has 4 aliphatic heterocycles. The average Bonchev–Trinajstić information content (AvgIpc) is 0.787. The number of hydrogen-bond acceptors (Lipinski definition) is 17. The molecule has 0 radical (unpaired) electrons. The molecule has 12 rings (SSSR count). The van der Waals surface area contributed by atoms with E-state index in [1.54, 1.807) is 114 Å². The standard InChI is InChI=1S/C54H57Cl6N7O6S3.C16H14Cl3NO2S.C6H18N4/c1-64-28-46(43-22-37(55)25-52(58)49(43)31-64)34-4-10-40(11-5-34)74(68,69)61-16-19-67(20-17-62-75(70,71)41-12-6-35(7-13-41)47-29-65(2)32-50-44(47)23-38(56)26-53(50)59)21-18-63-76(72,73)42-14-8-36(9-15-42)48-30-66(3)33-51-45(48)24-39(57)27-54(51)60;1-20-8-14(10-3-2-4-12(5-10)23(19,21)22)13-6-11(17)7-16(18)15(13)9-20;7-1-4-10(5-2-8)6-3-9/h4-15,22-27,46-48,61-63H,16-21,28-33H2,1-3H3;2-7,14H,8-9H2,1H3;1-9H2. The smallest absolute Gasteiger partial charge is 0.261 e. The van der Waals surface area contributed by atoms with E-state index in [-0.39, 0.29) is 82.5 Å². The Bertz CT molecular complexity index is 4630. The van der Waals surface area contributed by atoms with Crippen LogP contribution in [0.5, 0.6) is 0 Å². The van der Waals surface area contributed by atoms with Crippen molar-refractivity contribution in [2.45, 2.75) is 69.4 Å². The monoisotopic (exact) mass is 1740 g/mol. The minimum Gasteiger partial charge on any atom is -0.329 e. The molecule has 33 heteroatoms. The minimum atomic E-state index is -4.00. The molecular formula is C76H89Cl9N12O8S4. The Labute approximate surface area is 685 Å². The molecule has 0 bridgehead atoms. The number of likely N-dealkylation sites (N-methyl/N-ethyl adjacent to an activating group) is 4. The predicted octanol–water partition coefficient (Wildman–Crippen LogP) is 12.5. The molecule has 8 aromatic rings. The molecule has 4 heterocycles. The van der Waals surface area contributed by atoms with Gasteiger partial charge >= 0.3 is 0 Å². The van der Waals surface area contributed by atoms with Crippen LogP contribution in [0, 0.1) is 0 Å². The maximum atomic E-state index is 13.7. The summed E-state index contributed by atoms with van der Waals surface area (Å²) in [7, 11) is -2.29. The third-order valence-corrected chi connectivity index (χ3v) is 27.8. The molecule has 9 N–H and O–H groups in total. The second-order valence-electron chi connectivity index (χ2n) is 27.8. The van der Waals surface area contributed by atoms with Crippen molar-refractivity contribution < 1.29 is 33.7 Å². The molecule has 588 valence electrons. The SMILES string of the molecule is CN1Cc2c(Cl)cc(Cl)cc2C(c2ccc(S(=O)(=O)NCCN(CCNS(=O)(=O)c3ccc(C4CN(C)Cc5c(Cl)cc(Cl)cc54)cc3)CCNS(=O)(=O)c3ccc(C4CN(C)Cc5c(Cl)cc(Cl)cc54)cc3)cc2)C1.CN1Cc2c(Cl)cc(Cl)cc2C(c2cccc(S(=O)(=O)Cl)c2)C1.NCCN(CCN)CCN. The average molecular weight is 1750 g/mol. The summed E-state index contributed by atoms with van der Waals surface area (Å²) in [5.74, 6) is -0.262. The summed E-state index contributed by atoms with van der Waals surface area (Å²) < 4.78 is 114. The molecule has 4 aliphatic rings. The number of nitrogens with one attached hydrogen (secondary N) is 3. The van der Waals surface area contributed by atoms with Crippen LogP contribution >= 0.6 is 103 Å². The van der Waals surface area contributed by atoms with E-state index in [1.807, 2.05) is 58.5 Å². The summed E-state index contributed by atoms with van der Waals surface area (Å²) in [4.78, 5) is 12.9. The van der Waals surface area contributed by atoms with Gasteiger partial charge in [0.25, 0.3) is 9.05 Å². The second-order valence-corrected chi connectivity index (χ2v) is 39.0. The number of halogens is 9. The molecular weight excluding hydrogens is 1660 g/mol. The number of nitrogens with two attached hydrogens (primary N) is 3. The van der Waals surface area contributed by atoms with Gasteiger partial charge in [0, 0.05) is 205 Å². The first-order valence-electron chi connectivity index (χ1n) is 35.2. The van der Waals surface area contributed by atoms with Gasteiger partial charge in [-0.15, -0.1) is 0 Å². The Morgan fingerprint density at radius 2 is 0.606 bits per heavy atom. The quantitative estimate of drug-likeness (QED) is 0.0275. The van der Waals surface area contributed by atoms with Crippen LogP contribution in [-0.4, -0.2) is 196 Å². The van der Waals surface area contributed by atoms with Gasteiger partial charge in [-0.1, -0.05) is 141 Å². The van der Waals surface area contributed by atoms with Crippen molar-refractivity contribution in [3.63, 3.8) is 0 Å². The lowest BCUT2D eigenvalue weighted by molar-refractivity contribution is 0.287. The predicted molar refractivity (Wildman–Crippen MR) is 443 cm³/mol. The van der Waals surface area contributed by atoms with Crippen molar-refractivity contribution in [3.8, 4) is 0 Å². The normalized spacial score (nSPS) is 17.9. The van der Waals surface area contributed by atoms with Crippen LogP contribution < -0.4 is 31.4 Å². The van der Waals surface area contributed by atoms with Crippen LogP contribution in [0.1, 0.15) is 90.4 Å². The lowest BCUT2D eigenvalue weighted by atomic mass is 9.85. The van der Waals surface area contributed by atoms with Crippen LogP contribution in [0.25, 0.3) is 0 Å². The van der Waals surface area contributed by atoms with E-state index in [0.717, 1.165) is 99.5 Å². The van der Waals surface area contributed by atoms with E-state index >= 15 is 0 Å². The fourth-order valence-electron chi connectivity index (χ4n) is 14.5. The van der Waals surface area contributed by atoms with Gasteiger partial charge in [0.05, 0.1) is 19.6 Å². The Kier molecular flexibility index (Phi) is 30.7. The Morgan fingerprint density at radius 1 is 0.349 bits per heavy atom. The van der Waals surface area contributed by atoms with Crippen molar-refractivity contribution in [2.75, 3.05) is 133 Å². The number of nitrogens with zero attached hydrogens (tertiary/aromatic N) is 6. The van der Waals surface area contributed by atoms with E-state index in [2.05, 4.69) is 38.7 Å². The lowest BCUT2D eigenvalue weighted by Crippen LogP contribution is -2.43. The summed E-state index contributed by atoms with van der Waals surface area (Å²) in [5.41, 5.74) is 27.7. The van der Waals surface area contributed by atoms with Crippen LogP contribution in [0.3, 0.4) is 0 Å². The molecule has 0 amide bonds. The van der Waals surface area contributed by atoms with Crippen molar-refractivity contribution in [1.82, 2.24) is 43.6 Å². The zero-order valence-corrected chi connectivity index (χ0v) is 70.6. The number of hydrogen-bond donors (Lipinski definition) is 6. The maximum absolute atomic E-state index is 13.7. The number of fused-ring (bicyclic) bond motifs is 4. The van der Waals surface area contributed by atoms with E-state index in [4.69, 9.17) is 121 Å². The molecule has 109 heavy (non-hydrogen) atoms. The highest BCUT2D eigenvalue weighted by Gasteiger charge is 2.33. The zero-order valence-electron chi connectivity index (χ0n) is 60.5. The summed E-state index contributed by atoms with van der Waals surface area (Å²) in [6.07, 6.45) is 0. The molecule has 0 aliphatic carbocycles. The van der Waals surface area contributed by atoms with Gasteiger partial charge in [-0.2, -0.15) is 0 Å². The zero-order chi connectivity index (χ0) is 78.9. The van der Waals surface area contributed by atoms with E-state index < -0.39 is 39.1 Å². The van der Waals surface area contributed by atoms with Crippen LogP contribution in [0.4, 0.5) is 0 Å². The maximum Gasteiger partial charge on any atom is 0.261 e. The van der Waals surface area contributed by atoms with Gasteiger partial charge in [0.2, 0.25) is 30.1 Å². The first-order chi connectivity index (χ1) is 51.6. The summed E-state index contributed by atoms with van der Waals surface area (Å²) >= 11 is 51.5. The fourth-order valence-corrected chi connectivity index (χ4v) is 20.7. The fraction of sp³-hybridized carbons (Fsp3) is 0.368. The van der Waals surface area contributed by atoms with Crippen LogP contribution in [-0.2, 0) is 65.3 Å². The third-order valence-electron chi connectivity index (χ3n) is 19.8. The topological polar surface area (TPSA) is 270 Å². The molecule has 4 unspecified atom stereocenters. The molecule has 0 saturated heterocycles. The minimum absolute atomic E-state index is 0.0154. The molecule has 4 atom stereocenters. The van der Waals surface area contributed by atoms with E-state index in [9.17, 15) is 33.7 Å². The molecule has 0 spiro atoms.